The molecule has 0 aliphatic carbocycles. The zero-order valence-electron chi connectivity index (χ0n) is 29.8. The SMILES string of the molecule is CCOC(=O)CC(O)c1ncn([C@@H]2O[C@H](CO[Si](C)(C)C(C)(C)C)C(O[Si](C)(C)C(C)(C)C)[C@@H]2O[Si](C)(C)C(C)(C)C)n1. The lowest BCUT2D eigenvalue weighted by Gasteiger charge is -2.44. The minimum absolute atomic E-state index is 0.0327. The monoisotopic (exact) mass is 659 g/mol. The van der Waals surface area contributed by atoms with Crippen LogP contribution in [0.5, 0.6) is 0 Å². The summed E-state index contributed by atoms with van der Waals surface area (Å²) in [5.41, 5.74) is 0. The molecule has 2 unspecified atom stereocenters. The van der Waals surface area contributed by atoms with Crippen molar-refractivity contribution in [3.05, 3.63) is 12.2 Å². The van der Waals surface area contributed by atoms with E-state index in [0.29, 0.717) is 6.61 Å². The molecule has 0 saturated carbocycles. The number of carbonyl (C=O) groups is 1. The highest BCUT2D eigenvalue weighted by Crippen LogP contribution is 2.46. The van der Waals surface area contributed by atoms with Gasteiger partial charge in [0.25, 0.3) is 0 Å². The molecule has 1 aromatic heterocycles. The van der Waals surface area contributed by atoms with Crippen molar-refractivity contribution in [1.29, 1.82) is 0 Å². The Morgan fingerprint density at radius 2 is 1.40 bits per heavy atom. The highest BCUT2D eigenvalue weighted by atomic mass is 28.4. The molecule has 1 aliphatic heterocycles. The molecular formula is C30H61N3O7Si3. The second-order valence-corrected chi connectivity index (χ2v) is 30.8. The first-order valence-corrected chi connectivity index (χ1v) is 24.4. The topological polar surface area (TPSA) is 114 Å². The van der Waals surface area contributed by atoms with E-state index in [0.717, 1.165) is 0 Å². The maximum absolute atomic E-state index is 12.0. The first-order valence-electron chi connectivity index (χ1n) is 15.6. The van der Waals surface area contributed by atoms with Crippen LogP contribution in [-0.4, -0.2) is 82.3 Å². The fourth-order valence-corrected chi connectivity index (χ4v) is 7.51. The Balaban J connectivity index is 2.59. The van der Waals surface area contributed by atoms with Crippen LogP contribution < -0.4 is 0 Å². The summed E-state index contributed by atoms with van der Waals surface area (Å²) in [7, 11) is -6.70. The zero-order chi connectivity index (χ0) is 33.4. The van der Waals surface area contributed by atoms with Crippen LogP contribution in [0.25, 0.3) is 0 Å². The molecule has 1 fully saturated rings. The third-order valence-corrected chi connectivity index (χ3v) is 23.4. The number of esters is 1. The van der Waals surface area contributed by atoms with Gasteiger partial charge in [-0.05, 0) is 61.3 Å². The summed E-state index contributed by atoms with van der Waals surface area (Å²) in [5, 5.41) is 15.2. The summed E-state index contributed by atoms with van der Waals surface area (Å²) in [6, 6.07) is 0. The quantitative estimate of drug-likeness (QED) is 0.188. The molecule has 43 heavy (non-hydrogen) atoms. The van der Waals surface area contributed by atoms with Crippen LogP contribution in [-0.2, 0) is 27.5 Å². The highest BCUT2D eigenvalue weighted by molar-refractivity contribution is 6.75. The molecule has 2 heterocycles. The predicted molar refractivity (Wildman–Crippen MR) is 177 cm³/mol. The van der Waals surface area contributed by atoms with E-state index < -0.39 is 61.6 Å². The van der Waals surface area contributed by atoms with Crippen molar-refractivity contribution in [3.8, 4) is 0 Å². The average Bonchev–Trinajstić information content (AvgIpc) is 3.41. The van der Waals surface area contributed by atoms with E-state index in [1.807, 2.05) is 0 Å². The number of carbonyl (C=O) groups excluding carboxylic acids is 1. The average molecular weight is 660 g/mol. The molecule has 1 N–H and O–H groups in total. The van der Waals surface area contributed by atoms with Gasteiger partial charge < -0.3 is 27.9 Å². The number of hydrogen-bond donors (Lipinski definition) is 1. The lowest BCUT2D eigenvalue weighted by Crippen LogP contribution is -2.54. The lowest BCUT2D eigenvalue weighted by molar-refractivity contribution is -0.145. The van der Waals surface area contributed by atoms with E-state index in [1.165, 1.54) is 6.33 Å². The van der Waals surface area contributed by atoms with Gasteiger partial charge in [-0.3, -0.25) is 4.79 Å². The molecule has 2 rings (SSSR count). The molecular weight excluding hydrogens is 599 g/mol. The predicted octanol–water partition coefficient (Wildman–Crippen LogP) is 6.96. The van der Waals surface area contributed by atoms with Crippen molar-refractivity contribution in [2.24, 2.45) is 0 Å². The van der Waals surface area contributed by atoms with Gasteiger partial charge >= 0.3 is 5.97 Å². The van der Waals surface area contributed by atoms with Gasteiger partial charge in [-0.1, -0.05) is 62.3 Å². The summed E-state index contributed by atoms with van der Waals surface area (Å²) in [4.78, 5) is 16.4. The summed E-state index contributed by atoms with van der Waals surface area (Å²) in [5.74, 6) is -0.376. The highest BCUT2D eigenvalue weighted by Gasteiger charge is 2.55. The normalized spacial score (nSPS) is 23.5. The minimum Gasteiger partial charge on any atom is -0.466 e. The van der Waals surface area contributed by atoms with Gasteiger partial charge in [-0.15, -0.1) is 0 Å². The van der Waals surface area contributed by atoms with Gasteiger partial charge in [-0.25, -0.2) is 9.67 Å². The fraction of sp³-hybridized carbons (Fsp3) is 0.900. The number of aliphatic hydroxyl groups is 1. The number of hydrogen-bond acceptors (Lipinski definition) is 9. The van der Waals surface area contributed by atoms with Gasteiger partial charge in [0.2, 0.25) is 0 Å². The van der Waals surface area contributed by atoms with Crippen LogP contribution in [0.15, 0.2) is 6.33 Å². The minimum atomic E-state index is -2.32. The van der Waals surface area contributed by atoms with Crippen LogP contribution in [0.1, 0.15) is 93.8 Å². The van der Waals surface area contributed by atoms with Crippen molar-refractivity contribution < 1.29 is 32.7 Å². The third-order valence-electron chi connectivity index (χ3n) is 9.92. The van der Waals surface area contributed by atoms with E-state index in [-0.39, 0.29) is 34.0 Å². The maximum Gasteiger partial charge on any atom is 0.308 e. The van der Waals surface area contributed by atoms with E-state index in [9.17, 15) is 9.90 Å². The van der Waals surface area contributed by atoms with E-state index in [2.05, 4.69) is 112 Å². The molecule has 0 amide bonds. The van der Waals surface area contributed by atoms with E-state index in [1.54, 1.807) is 11.6 Å². The first kappa shape index (κ1) is 38.2. The van der Waals surface area contributed by atoms with Crippen molar-refractivity contribution in [1.82, 2.24) is 14.8 Å². The smallest absolute Gasteiger partial charge is 0.308 e. The molecule has 250 valence electrons. The second-order valence-electron chi connectivity index (χ2n) is 16.4. The molecule has 0 aromatic carbocycles. The van der Waals surface area contributed by atoms with Gasteiger partial charge in [-0.2, -0.15) is 5.10 Å². The van der Waals surface area contributed by atoms with Gasteiger partial charge in [0, 0.05) is 0 Å². The Morgan fingerprint density at radius 3 is 1.86 bits per heavy atom. The Bertz CT molecular complexity index is 1070. The Kier molecular flexibility index (Phi) is 11.9. The molecule has 1 saturated heterocycles. The zero-order valence-corrected chi connectivity index (χ0v) is 32.8. The molecule has 1 aromatic rings. The van der Waals surface area contributed by atoms with Crippen molar-refractivity contribution in [2.45, 2.75) is 161 Å². The van der Waals surface area contributed by atoms with Crippen molar-refractivity contribution >= 4 is 30.9 Å². The number of ether oxygens (including phenoxy) is 2. The molecule has 0 bridgehead atoms. The fourth-order valence-electron chi connectivity index (χ4n) is 3.90. The second kappa shape index (κ2) is 13.4. The molecule has 13 heteroatoms. The molecule has 10 nitrogen and oxygen atoms in total. The van der Waals surface area contributed by atoms with Crippen LogP contribution in [0, 0.1) is 0 Å². The van der Waals surface area contributed by atoms with Gasteiger partial charge in [0.05, 0.1) is 19.6 Å². The summed E-state index contributed by atoms with van der Waals surface area (Å²) in [6.45, 7) is 35.8. The molecule has 5 atom stereocenters. The number of aromatic nitrogens is 3. The van der Waals surface area contributed by atoms with E-state index in [4.69, 9.17) is 22.8 Å². The Morgan fingerprint density at radius 1 is 0.907 bits per heavy atom. The summed E-state index contributed by atoms with van der Waals surface area (Å²) < 4.78 is 34.4. The summed E-state index contributed by atoms with van der Waals surface area (Å²) >= 11 is 0. The molecule has 0 spiro atoms. The first-order chi connectivity index (χ1) is 19.2. The van der Waals surface area contributed by atoms with Gasteiger partial charge in [0.1, 0.15) is 30.7 Å². The van der Waals surface area contributed by atoms with Gasteiger partial charge in [0.15, 0.2) is 37.0 Å². The molecule has 1 aliphatic rings. The Labute approximate surface area is 264 Å². The number of aliphatic hydroxyl groups excluding tert-OH is 1. The van der Waals surface area contributed by atoms with Crippen LogP contribution >= 0.6 is 0 Å². The largest absolute Gasteiger partial charge is 0.466 e. The van der Waals surface area contributed by atoms with Crippen LogP contribution in [0.2, 0.25) is 54.4 Å². The van der Waals surface area contributed by atoms with E-state index >= 15 is 0 Å². The number of nitrogens with zero attached hydrogens (tertiary/aromatic N) is 3. The van der Waals surface area contributed by atoms with Crippen LogP contribution in [0.3, 0.4) is 0 Å². The van der Waals surface area contributed by atoms with Crippen molar-refractivity contribution in [3.63, 3.8) is 0 Å². The third kappa shape index (κ3) is 9.30. The maximum atomic E-state index is 12.0. The molecule has 0 radical (unpaired) electrons. The lowest BCUT2D eigenvalue weighted by atomic mass is 10.1. The summed E-state index contributed by atoms with van der Waals surface area (Å²) in [6.07, 6.45) is -1.84. The van der Waals surface area contributed by atoms with Crippen LogP contribution in [0.4, 0.5) is 0 Å². The number of rotatable bonds is 12. The standard InChI is InChI=1S/C30H61N3O7Si3/c1-17-36-23(35)18-21(34)26-31-20-33(32-26)27-25(40-43(15,16)30(8,9)10)24(39-42(13,14)29(5,6)7)22(38-27)19-37-41(11,12)28(2,3)4/h20-22,24-25,27,34H,17-19H2,1-16H3/t21?,22-,24?,25+,27-/m1/s1. The van der Waals surface area contributed by atoms with Crippen molar-refractivity contribution in [2.75, 3.05) is 13.2 Å². The Hall–Kier alpha value is -0.939.